The molecule has 5 nitrogen and oxygen atoms in total. The number of hydrogen-bond acceptors (Lipinski definition) is 3. The van der Waals surface area contributed by atoms with Gasteiger partial charge in [0.05, 0.1) is 17.1 Å². The molecule has 8 heteroatoms. The van der Waals surface area contributed by atoms with E-state index in [1.54, 1.807) is 30.5 Å². The van der Waals surface area contributed by atoms with Crippen molar-refractivity contribution in [2.75, 3.05) is 6.54 Å². The van der Waals surface area contributed by atoms with Crippen molar-refractivity contribution in [3.63, 3.8) is 0 Å². The predicted molar refractivity (Wildman–Crippen MR) is 104 cm³/mol. The number of alkyl halides is 3. The van der Waals surface area contributed by atoms with Gasteiger partial charge in [-0.3, -0.25) is 9.78 Å². The van der Waals surface area contributed by atoms with Crippen LogP contribution in [0.5, 0.6) is 0 Å². The Kier molecular flexibility index (Phi) is 4.38. The van der Waals surface area contributed by atoms with Crippen molar-refractivity contribution in [2.45, 2.75) is 37.9 Å². The lowest BCUT2D eigenvalue weighted by atomic mass is 10.1. The van der Waals surface area contributed by atoms with Crippen LogP contribution in [0, 0.1) is 0 Å². The number of carbonyl (C=O) groups is 1. The average molecular weight is 412 g/mol. The van der Waals surface area contributed by atoms with Crippen LogP contribution < -0.4 is 0 Å². The van der Waals surface area contributed by atoms with Crippen molar-refractivity contribution in [2.24, 2.45) is 0 Å². The quantitative estimate of drug-likeness (QED) is 0.652. The maximum atomic E-state index is 13.4. The SMILES string of the molecule is O=C1CCCN1[C@@H]1Cc2ccc(-n3nc(C(F)(F)F)cc3-c3ccccn3)cc2C1. The minimum atomic E-state index is -4.55. The Labute approximate surface area is 171 Å². The maximum absolute atomic E-state index is 13.4. The average Bonchev–Trinajstić information content (AvgIpc) is 3.44. The topological polar surface area (TPSA) is 51.0 Å². The first-order valence-corrected chi connectivity index (χ1v) is 9.90. The molecule has 1 aliphatic carbocycles. The molecule has 3 heterocycles. The highest BCUT2D eigenvalue weighted by molar-refractivity contribution is 5.78. The number of nitrogens with zero attached hydrogens (tertiary/aromatic N) is 4. The third-order valence-electron chi connectivity index (χ3n) is 5.82. The number of hydrogen-bond donors (Lipinski definition) is 0. The molecule has 154 valence electrons. The first-order chi connectivity index (χ1) is 14.4. The van der Waals surface area contributed by atoms with Crippen molar-refractivity contribution in [3.05, 3.63) is 65.5 Å². The van der Waals surface area contributed by atoms with Gasteiger partial charge in [0.25, 0.3) is 0 Å². The fraction of sp³-hybridized carbons (Fsp3) is 0.318. The first kappa shape index (κ1) is 18.8. The summed E-state index contributed by atoms with van der Waals surface area (Å²) in [5, 5.41) is 3.85. The molecule has 0 unspecified atom stereocenters. The number of likely N-dealkylation sites (tertiary alicyclic amines) is 1. The van der Waals surface area contributed by atoms with Crippen LogP contribution in [-0.2, 0) is 23.8 Å². The smallest absolute Gasteiger partial charge is 0.339 e. The minimum Gasteiger partial charge on any atom is -0.339 e. The van der Waals surface area contributed by atoms with E-state index in [-0.39, 0.29) is 17.6 Å². The van der Waals surface area contributed by atoms with Gasteiger partial charge in [-0.1, -0.05) is 12.1 Å². The molecule has 5 rings (SSSR count). The van der Waals surface area contributed by atoms with Crippen molar-refractivity contribution in [1.82, 2.24) is 19.7 Å². The molecule has 1 atom stereocenters. The van der Waals surface area contributed by atoms with Gasteiger partial charge >= 0.3 is 6.18 Å². The first-order valence-electron chi connectivity index (χ1n) is 9.90. The second kappa shape index (κ2) is 6.97. The summed E-state index contributed by atoms with van der Waals surface area (Å²) >= 11 is 0. The van der Waals surface area contributed by atoms with E-state index in [1.807, 2.05) is 17.0 Å². The number of carbonyl (C=O) groups excluding carboxylic acids is 1. The fourth-order valence-electron chi connectivity index (χ4n) is 4.40. The van der Waals surface area contributed by atoms with Gasteiger partial charge in [0.1, 0.15) is 0 Å². The van der Waals surface area contributed by atoms with Crippen LogP contribution in [0.25, 0.3) is 17.1 Å². The summed E-state index contributed by atoms with van der Waals surface area (Å²) in [4.78, 5) is 18.2. The van der Waals surface area contributed by atoms with E-state index in [0.29, 0.717) is 24.2 Å². The summed E-state index contributed by atoms with van der Waals surface area (Å²) in [6, 6.07) is 11.9. The Morgan fingerprint density at radius 2 is 1.87 bits per heavy atom. The third-order valence-corrected chi connectivity index (χ3v) is 5.82. The van der Waals surface area contributed by atoms with E-state index >= 15 is 0 Å². The van der Waals surface area contributed by atoms with E-state index in [0.717, 1.165) is 36.6 Å². The van der Waals surface area contributed by atoms with Gasteiger partial charge in [0.15, 0.2) is 5.69 Å². The van der Waals surface area contributed by atoms with Gasteiger partial charge in [-0.05, 0) is 60.7 Å². The predicted octanol–water partition coefficient (Wildman–Crippen LogP) is 4.04. The van der Waals surface area contributed by atoms with Crippen LogP contribution in [0.4, 0.5) is 13.2 Å². The number of amides is 1. The van der Waals surface area contributed by atoms with Gasteiger partial charge in [-0.25, -0.2) is 4.68 Å². The molecule has 0 saturated carbocycles. The Bertz CT molecular complexity index is 1110. The zero-order valence-corrected chi connectivity index (χ0v) is 16.1. The molecule has 0 N–H and O–H groups in total. The number of halogens is 3. The van der Waals surface area contributed by atoms with Crippen LogP contribution in [0.2, 0.25) is 0 Å². The molecule has 1 aromatic carbocycles. The van der Waals surface area contributed by atoms with Crippen molar-refractivity contribution in [1.29, 1.82) is 0 Å². The molecule has 0 radical (unpaired) electrons. The number of pyridine rings is 1. The van der Waals surface area contributed by atoms with Gasteiger partial charge in [0.2, 0.25) is 5.91 Å². The molecule has 30 heavy (non-hydrogen) atoms. The van der Waals surface area contributed by atoms with Gasteiger partial charge in [-0.2, -0.15) is 18.3 Å². The summed E-state index contributed by atoms with van der Waals surface area (Å²) in [5.41, 5.74) is 2.48. The fourth-order valence-corrected chi connectivity index (χ4v) is 4.40. The molecule has 1 fully saturated rings. The van der Waals surface area contributed by atoms with Crippen LogP contribution in [0.1, 0.15) is 29.7 Å². The number of rotatable bonds is 3. The molecule has 2 aliphatic rings. The second-order valence-electron chi connectivity index (χ2n) is 7.75. The van der Waals surface area contributed by atoms with Crippen LogP contribution in [0.3, 0.4) is 0 Å². The summed E-state index contributed by atoms with van der Waals surface area (Å²) in [6.07, 6.45) is -0.0352. The lowest BCUT2D eigenvalue weighted by molar-refractivity contribution is -0.141. The summed E-state index contributed by atoms with van der Waals surface area (Å²) < 4.78 is 41.4. The molecular formula is C22H19F3N4O. The highest BCUT2D eigenvalue weighted by atomic mass is 19.4. The van der Waals surface area contributed by atoms with E-state index in [1.165, 1.54) is 4.68 Å². The summed E-state index contributed by atoms with van der Waals surface area (Å²) in [5.74, 6) is 0.187. The summed E-state index contributed by atoms with van der Waals surface area (Å²) in [6.45, 7) is 0.780. The van der Waals surface area contributed by atoms with Gasteiger partial charge in [-0.15, -0.1) is 0 Å². The Morgan fingerprint density at radius 1 is 1.03 bits per heavy atom. The lowest BCUT2D eigenvalue weighted by Gasteiger charge is -2.23. The van der Waals surface area contributed by atoms with Crippen molar-refractivity contribution >= 4 is 5.91 Å². The number of benzene rings is 1. The van der Waals surface area contributed by atoms with E-state index < -0.39 is 11.9 Å². The normalized spacial score (nSPS) is 18.8. The van der Waals surface area contributed by atoms with E-state index in [4.69, 9.17) is 0 Å². The summed E-state index contributed by atoms with van der Waals surface area (Å²) in [7, 11) is 0. The number of fused-ring (bicyclic) bond motifs is 1. The second-order valence-corrected chi connectivity index (χ2v) is 7.75. The molecule has 1 amide bonds. The standard InChI is InChI=1S/C22H19F3N4O/c23-22(24,25)20-13-19(18-4-1-2-8-26-18)29(27-20)16-7-6-14-10-17(12-15(14)11-16)28-9-3-5-21(28)30/h1-2,4,6-8,11,13,17H,3,5,9-10,12H2/t17-/m1/s1. The van der Waals surface area contributed by atoms with Gasteiger partial charge in [0, 0.05) is 25.2 Å². The molecule has 1 aliphatic heterocycles. The van der Waals surface area contributed by atoms with Crippen LogP contribution >= 0.6 is 0 Å². The zero-order valence-electron chi connectivity index (χ0n) is 16.1. The minimum absolute atomic E-state index is 0.129. The maximum Gasteiger partial charge on any atom is 0.435 e. The number of aromatic nitrogens is 3. The molecule has 2 aromatic heterocycles. The molecule has 0 spiro atoms. The third kappa shape index (κ3) is 3.26. The zero-order chi connectivity index (χ0) is 20.9. The lowest BCUT2D eigenvalue weighted by Crippen LogP contribution is -2.36. The monoisotopic (exact) mass is 412 g/mol. The van der Waals surface area contributed by atoms with Crippen molar-refractivity contribution in [3.8, 4) is 17.1 Å². The Morgan fingerprint density at radius 3 is 2.57 bits per heavy atom. The molecule has 0 bridgehead atoms. The van der Waals surface area contributed by atoms with Gasteiger partial charge < -0.3 is 4.90 Å². The van der Waals surface area contributed by atoms with E-state index in [2.05, 4.69) is 10.1 Å². The van der Waals surface area contributed by atoms with Crippen LogP contribution in [0.15, 0.2) is 48.7 Å². The van der Waals surface area contributed by atoms with Crippen molar-refractivity contribution < 1.29 is 18.0 Å². The Hall–Kier alpha value is -3.16. The largest absolute Gasteiger partial charge is 0.435 e. The highest BCUT2D eigenvalue weighted by Gasteiger charge is 2.36. The van der Waals surface area contributed by atoms with Crippen LogP contribution in [-0.4, -0.2) is 38.2 Å². The highest BCUT2D eigenvalue weighted by Crippen LogP contribution is 2.34. The molecule has 3 aromatic rings. The van der Waals surface area contributed by atoms with E-state index in [9.17, 15) is 18.0 Å². The molecular weight excluding hydrogens is 393 g/mol. The Balaban J connectivity index is 1.53. The molecule has 1 saturated heterocycles.